The van der Waals surface area contributed by atoms with Gasteiger partial charge in [0, 0.05) is 65.0 Å². The van der Waals surface area contributed by atoms with Gasteiger partial charge in [0.15, 0.2) is 0 Å². The van der Waals surface area contributed by atoms with Gasteiger partial charge in [-0.15, -0.1) is 0 Å². The maximum Gasteiger partial charge on any atom is 0.134 e. The molecule has 2 saturated heterocycles. The highest BCUT2D eigenvalue weighted by Crippen LogP contribution is 2.21. The molecule has 1 aromatic heterocycles. The first kappa shape index (κ1) is 14.5. The Morgan fingerprint density at radius 3 is 2.81 bits per heavy atom. The molecule has 0 spiro atoms. The van der Waals surface area contributed by atoms with Crippen molar-refractivity contribution in [3.8, 4) is 0 Å². The van der Waals surface area contributed by atoms with Crippen molar-refractivity contribution in [1.29, 1.82) is 0 Å². The lowest BCUT2D eigenvalue weighted by Crippen LogP contribution is -2.61. The van der Waals surface area contributed by atoms with Crippen LogP contribution < -0.4 is 9.80 Å². The minimum absolute atomic E-state index is 0.625. The summed E-state index contributed by atoms with van der Waals surface area (Å²) in [6.45, 7) is 9.90. The summed E-state index contributed by atoms with van der Waals surface area (Å²) >= 11 is 0. The van der Waals surface area contributed by atoms with Crippen LogP contribution in [0.1, 0.15) is 6.92 Å². The third kappa shape index (κ3) is 3.11. The van der Waals surface area contributed by atoms with E-state index in [0.29, 0.717) is 6.04 Å². The number of hydrogen-bond acceptors (Lipinski definition) is 6. The van der Waals surface area contributed by atoms with E-state index < -0.39 is 0 Å². The first-order chi connectivity index (χ1) is 10.2. The molecular formula is C15H26N6. The minimum Gasteiger partial charge on any atom is -0.360 e. The van der Waals surface area contributed by atoms with E-state index in [2.05, 4.69) is 56.7 Å². The number of anilines is 2. The molecule has 0 aliphatic carbocycles. The van der Waals surface area contributed by atoms with E-state index in [4.69, 9.17) is 0 Å². The molecule has 0 radical (unpaired) electrons. The number of aromatic nitrogens is 2. The summed E-state index contributed by atoms with van der Waals surface area (Å²) in [4.78, 5) is 18.5. The molecule has 3 rings (SSSR count). The van der Waals surface area contributed by atoms with Crippen LogP contribution in [0, 0.1) is 0 Å². The Labute approximate surface area is 127 Å². The lowest BCUT2D eigenvalue weighted by atomic mass is 10.1. The van der Waals surface area contributed by atoms with E-state index in [9.17, 15) is 0 Å². The van der Waals surface area contributed by atoms with Crippen LogP contribution in [0.2, 0.25) is 0 Å². The second-order valence-electron chi connectivity index (χ2n) is 6.15. The van der Waals surface area contributed by atoms with Gasteiger partial charge >= 0.3 is 0 Å². The van der Waals surface area contributed by atoms with Gasteiger partial charge < -0.3 is 14.7 Å². The SMILES string of the molecule is CCN(C)c1cc(N2CCN3CCN(C)C[C@@H]3C2)ncn1. The zero-order chi connectivity index (χ0) is 14.8. The molecule has 0 aromatic carbocycles. The van der Waals surface area contributed by atoms with Crippen molar-refractivity contribution >= 4 is 11.6 Å². The van der Waals surface area contributed by atoms with Crippen LogP contribution in [-0.4, -0.2) is 85.7 Å². The molecule has 0 saturated carbocycles. The Morgan fingerprint density at radius 2 is 2.00 bits per heavy atom. The second-order valence-corrected chi connectivity index (χ2v) is 6.15. The topological polar surface area (TPSA) is 38.7 Å². The Balaban J connectivity index is 1.72. The standard InChI is InChI=1S/C15H26N6/c1-4-19(3)14-9-15(17-12-16-14)21-8-7-20-6-5-18(2)10-13(20)11-21/h9,12-13H,4-8,10-11H2,1-3H3/t13-/m1/s1. The summed E-state index contributed by atoms with van der Waals surface area (Å²) in [6.07, 6.45) is 1.69. The lowest BCUT2D eigenvalue weighted by Gasteiger charge is -2.46. The van der Waals surface area contributed by atoms with E-state index in [1.165, 1.54) is 13.1 Å². The molecule has 1 aromatic rings. The van der Waals surface area contributed by atoms with Gasteiger partial charge in [0.25, 0.3) is 0 Å². The summed E-state index contributed by atoms with van der Waals surface area (Å²) in [5.74, 6) is 2.07. The van der Waals surface area contributed by atoms with Crippen LogP contribution in [0.15, 0.2) is 12.4 Å². The predicted molar refractivity (Wildman–Crippen MR) is 86.0 cm³/mol. The molecule has 1 atom stereocenters. The van der Waals surface area contributed by atoms with Crippen molar-refractivity contribution < 1.29 is 0 Å². The van der Waals surface area contributed by atoms with E-state index in [-0.39, 0.29) is 0 Å². The average molecular weight is 290 g/mol. The quantitative estimate of drug-likeness (QED) is 0.801. The molecule has 0 unspecified atom stereocenters. The Kier molecular flexibility index (Phi) is 4.26. The lowest BCUT2D eigenvalue weighted by molar-refractivity contribution is 0.0804. The fraction of sp³-hybridized carbons (Fsp3) is 0.733. The first-order valence-corrected chi connectivity index (χ1v) is 7.88. The fourth-order valence-corrected chi connectivity index (χ4v) is 3.20. The molecular weight excluding hydrogens is 264 g/mol. The zero-order valence-corrected chi connectivity index (χ0v) is 13.4. The van der Waals surface area contributed by atoms with Crippen LogP contribution >= 0.6 is 0 Å². The minimum atomic E-state index is 0.625. The molecule has 6 heteroatoms. The summed E-state index contributed by atoms with van der Waals surface area (Å²) in [7, 11) is 4.29. The Morgan fingerprint density at radius 1 is 1.19 bits per heavy atom. The maximum atomic E-state index is 4.49. The normalized spacial score (nSPS) is 24.0. The molecule has 0 amide bonds. The van der Waals surface area contributed by atoms with Gasteiger partial charge in [-0.3, -0.25) is 4.90 Å². The molecule has 2 aliphatic heterocycles. The monoisotopic (exact) mass is 290 g/mol. The molecule has 0 N–H and O–H groups in total. The van der Waals surface area contributed by atoms with Crippen molar-refractivity contribution in [3.05, 3.63) is 12.4 Å². The largest absolute Gasteiger partial charge is 0.360 e. The first-order valence-electron chi connectivity index (χ1n) is 7.88. The van der Waals surface area contributed by atoms with Gasteiger partial charge in [0.1, 0.15) is 18.0 Å². The van der Waals surface area contributed by atoms with Gasteiger partial charge in [0.05, 0.1) is 0 Å². The average Bonchev–Trinajstić information content (AvgIpc) is 2.53. The summed E-state index contributed by atoms with van der Waals surface area (Å²) < 4.78 is 0. The van der Waals surface area contributed by atoms with E-state index in [1.54, 1.807) is 6.33 Å². The predicted octanol–water partition coefficient (Wildman–Crippen LogP) is 0.369. The van der Waals surface area contributed by atoms with Crippen LogP contribution in [0.4, 0.5) is 11.6 Å². The Bertz CT molecular complexity index is 479. The molecule has 2 fully saturated rings. The number of fused-ring (bicyclic) bond motifs is 1. The molecule has 0 bridgehead atoms. The fourth-order valence-electron chi connectivity index (χ4n) is 3.20. The number of piperazine rings is 2. The van der Waals surface area contributed by atoms with Crippen molar-refractivity contribution in [3.63, 3.8) is 0 Å². The van der Waals surface area contributed by atoms with E-state index >= 15 is 0 Å². The zero-order valence-electron chi connectivity index (χ0n) is 13.4. The second kappa shape index (κ2) is 6.15. The third-order valence-electron chi connectivity index (χ3n) is 4.72. The van der Waals surface area contributed by atoms with Crippen LogP contribution in [0.5, 0.6) is 0 Å². The van der Waals surface area contributed by atoms with Crippen molar-refractivity contribution in [1.82, 2.24) is 19.8 Å². The number of likely N-dealkylation sites (N-methyl/N-ethyl adjacent to an activating group) is 1. The van der Waals surface area contributed by atoms with Gasteiger partial charge in [-0.1, -0.05) is 0 Å². The van der Waals surface area contributed by atoms with E-state index in [0.717, 1.165) is 44.4 Å². The molecule has 3 heterocycles. The summed E-state index contributed by atoms with van der Waals surface area (Å²) in [5, 5.41) is 0. The number of nitrogens with zero attached hydrogens (tertiary/aromatic N) is 6. The van der Waals surface area contributed by atoms with Crippen molar-refractivity contribution in [2.45, 2.75) is 13.0 Å². The molecule has 21 heavy (non-hydrogen) atoms. The van der Waals surface area contributed by atoms with Gasteiger partial charge in [-0.05, 0) is 14.0 Å². The van der Waals surface area contributed by atoms with Crippen molar-refractivity contribution in [2.24, 2.45) is 0 Å². The van der Waals surface area contributed by atoms with Gasteiger partial charge in [-0.25, -0.2) is 9.97 Å². The highest BCUT2D eigenvalue weighted by molar-refractivity contribution is 5.50. The van der Waals surface area contributed by atoms with E-state index in [1.807, 2.05) is 0 Å². The third-order valence-corrected chi connectivity index (χ3v) is 4.72. The smallest absolute Gasteiger partial charge is 0.134 e. The Hall–Kier alpha value is -1.40. The number of rotatable bonds is 3. The molecule has 6 nitrogen and oxygen atoms in total. The van der Waals surface area contributed by atoms with Gasteiger partial charge in [0.2, 0.25) is 0 Å². The molecule has 2 aliphatic rings. The highest BCUT2D eigenvalue weighted by Gasteiger charge is 2.31. The van der Waals surface area contributed by atoms with Crippen LogP contribution in [0.3, 0.4) is 0 Å². The van der Waals surface area contributed by atoms with Crippen molar-refractivity contribution in [2.75, 3.05) is 69.7 Å². The summed E-state index contributed by atoms with van der Waals surface area (Å²) in [6, 6.07) is 2.74. The highest BCUT2D eigenvalue weighted by atomic mass is 15.4. The molecule has 116 valence electrons. The maximum absolute atomic E-state index is 4.49. The number of hydrogen-bond donors (Lipinski definition) is 0. The van der Waals surface area contributed by atoms with Gasteiger partial charge in [-0.2, -0.15) is 0 Å². The summed E-state index contributed by atoms with van der Waals surface area (Å²) in [5.41, 5.74) is 0. The van der Waals surface area contributed by atoms with Crippen LogP contribution in [0.25, 0.3) is 0 Å². The van der Waals surface area contributed by atoms with Crippen LogP contribution in [-0.2, 0) is 0 Å².